The summed E-state index contributed by atoms with van der Waals surface area (Å²) in [4.78, 5) is 0. The van der Waals surface area contributed by atoms with Gasteiger partial charge in [-0.15, -0.1) is 0 Å². The van der Waals surface area contributed by atoms with Crippen LogP contribution < -0.4 is 0 Å². The van der Waals surface area contributed by atoms with Gasteiger partial charge >= 0.3 is 0 Å². The van der Waals surface area contributed by atoms with Crippen molar-refractivity contribution in [3.05, 3.63) is 47.5 Å². The molecule has 158 valence electrons. The van der Waals surface area contributed by atoms with E-state index < -0.39 is 0 Å². The Bertz CT molecular complexity index is 652. The lowest BCUT2D eigenvalue weighted by atomic mass is 9.78. The highest BCUT2D eigenvalue weighted by Gasteiger charge is 2.21. The third kappa shape index (κ3) is 7.37. The first-order valence-corrected chi connectivity index (χ1v) is 12.5. The lowest BCUT2D eigenvalue weighted by Gasteiger charge is -2.26. The minimum atomic E-state index is 0.611. The predicted octanol–water partition coefficient (Wildman–Crippen LogP) is 8.47. The molecule has 2 fully saturated rings. The van der Waals surface area contributed by atoms with Crippen LogP contribution in [-0.4, -0.2) is 0 Å². The van der Waals surface area contributed by atoms with Crippen molar-refractivity contribution in [2.24, 2.45) is 17.8 Å². The summed E-state index contributed by atoms with van der Waals surface area (Å²) in [6.45, 7) is 4.61. The Morgan fingerprint density at radius 2 is 1.59 bits per heavy atom. The molecule has 29 heavy (non-hydrogen) atoms. The summed E-state index contributed by atoms with van der Waals surface area (Å²) in [6, 6.07) is 9.53. The molecular weight excluding hydrogens is 348 g/mol. The van der Waals surface area contributed by atoms with Crippen molar-refractivity contribution in [1.29, 1.82) is 0 Å². The van der Waals surface area contributed by atoms with Crippen molar-refractivity contribution in [3.63, 3.8) is 0 Å². The maximum atomic E-state index is 3.55. The average Bonchev–Trinajstić information content (AvgIpc) is 2.78. The van der Waals surface area contributed by atoms with Crippen LogP contribution in [0.2, 0.25) is 0 Å². The number of allylic oxidation sites excluding steroid dienone is 2. The predicted molar refractivity (Wildman–Crippen MR) is 127 cm³/mol. The number of rotatable bonds is 7. The van der Waals surface area contributed by atoms with Gasteiger partial charge in [-0.05, 0) is 99.2 Å². The second kappa shape index (κ2) is 12.3. The van der Waals surface area contributed by atoms with Gasteiger partial charge in [0.05, 0.1) is 0 Å². The van der Waals surface area contributed by atoms with Crippen LogP contribution in [0.4, 0.5) is 0 Å². The van der Waals surface area contributed by atoms with Crippen molar-refractivity contribution >= 4 is 0 Å². The zero-order valence-corrected chi connectivity index (χ0v) is 19.0. The molecule has 0 bridgehead atoms. The topological polar surface area (TPSA) is 0 Å². The molecule has 0 spiro atoms. The highest BCUT2D eigenvalue weighted by atomic mass is 14.3. The van der Waals surface area contributed by atoms with Crippen LogP contribution in [0.5, 0.6) is 0 Å². The Hall–Kier alpha value is -1.48. The van der Waals surface area contributed by atoms with Crippen molar-refractivity contribution in [3.8, 4) is 11.8 Å². The van der Waals surface area contributed by atoms with E-state index >= 15 is 0 Å². The fraction of sp³-hybridized carbons (Fsp3) is 0.655. The molecular formula is C29H42. The standard InChI is InChI=1S/C29H42/c1-3-5-6-9-26-16-20-28(21-17-26)29-22-18-27(19-23-29)11-8-7-10-25-14-12-24(4-2)13-15-25/h7,10,16-17,20-21,24-25,27,29H,3-6,9,12-15,18-19,22-23H2,1-2H3. The van der Waals surface area contributed by atoms with Gasteiger partial charge in [0.2, 0.25) is 0 Å². The van der Waals surface area contributed by atoms with Crippen LogP contribution in [0.25, 0.3) is 0 Å². The van der Waals surface area contributed by atoms with E-state index in [1.54, 1.807) is 5.56 Å². The lowest BCUT2D eigenvalue weighted by Crippen LogP contribution is -2.12. The number of benzene rings is 1. The maximum Gasteiger partial charge on any atom is 0.0206 e. The van der Waals surface area contributed by atoms with Gasteiger partial charge in [0.1, 0.15) is 0 Å². The third-order valence-corrected chi connectivity index (χ3v) is 7.46. The van der Waals surface area contributed by atoms with E-state index in [1.165, 1.54) is 89.0 Å². The van der Waals surface area contributed by atoms with Crippen LogP contribution in [0, 0.1) is 29.6 Å². The normalized spacial score (nSPS) is 27.5. The maximum absolute atomic E-state index is 3.55. The summed E-state index contributed by atoms with van der Waals surface area (Å²) >= 11 is 0. The molecule has 1 aromatic rings. The second-order valence-electron chi connectivity index (χ2n) is 9.58. The molecule has 0 amide bonds. The molecule has 0 N–H and O–H groups in total. The van der Waals surface area contributed by atoms with Gasteiger partial charge in [-0.3, -0.25) is 0 Å². The second-order valence-corrected chi connectivity index (χ2v) is 9.58. The van der Waals surface area contributed by atoms with Gasteiger partial charge < -0.3 is 0 Å². The number of hydrogen-bond acceptors (Lipinski definition) is 0. The van der Waals surface area contributed by atoms with Gasteiger partial charge in [-0.2, -0.15) is 0 Å². The molecule has 0 saturated heterocycles. The van der Waals surface area contributed by atoms with Crippen LogP contribution >= 0.6 is 0 Å². The fourth-order valence-corrected chi connectivity index (χ4v) is 5.25. The number of hydrogen-bond donors (Lipinski definition) is 0. The van der Waals surface area contributed by atoms with Crippen molar-refractivity contribution in [2.45, 2.75) is 103 Å². The molecule has 0 aromatic heterocycles. The van der Waals surface area contributed by atoms with E-state index in [0.29, 0.717) is 5.92 Å². The molecule has 2 aliphatic rings. The van der Waals surface area contributed by atoms with E-state index in [-0.39, 0.29) is 0 Å². The van der Waals surface area contributed by atoms with Crippen LogP contribution in [0.3, 0.4) is 0 Å². The summed E-state index contributed by atoms with van der Waals surface area (Å²) in [7, 11) is 0. The quantitative estimate of drug-likeness (QED) is 0.323. The van der Waals surface area contributed by atoms with Gasteiger partial charge in [0, 0.05) is 5.92 Å². The van der Waals surface area contributed by atoms with Gasteiger partial charge in [0.15, 0.2) is 0 Å². The molecule has 0 heteroatoms. The Morgan fingerprint density at radius 3 is 2.24 bits per heavy atom. The minimum absolute atomic E-state index is 0.611. The van der Waals surface area contributed by atoms with E-state index in [2.05, 4.69) is 62.1 Å². The van der Waals surface area contributed by atoms with Crippen LogP contribution in [0.1, 0.15) is 108 Å². The molecule has 0 aliphatic heterocycles. The van der Waals surface area contributed by atoms with E-state index in [9.17, 15) is 0 Å². The Kier molecular flexibility index (Phi) is 9.40. The molecule has 0 heterocycles. The third-order valence-electron chi connectivity index (χ3n) is 7.46. The van der Waals surface area contributed by atoms with Gasteiger partial charge in [-0.25, -0.2) is 0 Å². The summed E-state index contributed by atoms with van der Waals surface area (Å²) in [5.74, 6) is 10.1. The van der Waals surface area contributed by atoms with Crippen LogP contribution in [-0.2, 0) is 6.42 Å². The average molecular weight is 391 g/mol. The van der Waals surface area contributed by atoms with Gasteiger partial charge in [-0.1, -0.05) is 75.3 Å². The largest absolute Gasteiger partial charge is 0.0951 e. The smallest absolute Gasteiger partial charge is 0.0206 e. The Morgan fingerprint density at radius 1 is 0.862 bits per heavy atom. The highest BCUT2D eigenvalue weighted by Crippen LogP contribution is 2.35. The molecule has 0 radical (unpaired) electrons. The molecule has 2 saturated carbocycles. The number of unbranched alkanes of at least 4 members (excludes halogenated alkanes) is 2. The molecule has 0 nitrogen and oxygen atoms in total. The van der Waals surface area contributed by atoms with Crippen molar-refractivity contribution < 1.29 is 0 Å². The van der Waals surface area contributed by atoms with E-state index in [1.807, 2.05) is 0 Å². The molecule has 2 aliphatic carbocycles. The SMILES string of the molecule is CCCCCc1ccc(C2CCC(C#CC=CC3CCC(CC)CC3)CC2)cc1. The number of aryl methyl sites for hydroxylation is 1. The molecule has 1 aromatic carbocycles. The molecule has 3 rings (SSSR count). The summed E-state index contributed by atoms with van der Waals surface area (Å²) in [5.41, 5.74) is 3.06. The van der Waals surface area contributed by atoms with Crippen molar-refractivity contribution in [1.82, 2.24) is 0 Å². The zero-order chi connectivity index (χ0) is 20.3. The van der Waals surface area contributed by atoms with E-state index in [4.69, 9.17) is 0 Å². The summed E-state index contributed by atoms with van der Waals surface area (Å²) in [5, 5.41) is 0. The Labute approximate surface area is 180 Å². The summed E-state index contributed by atoms with van der Waals surface area (Å²) in [6.07, 6.45) is 21.9. The Balaban J connectivity index is 1.38. The van der Waals surface area contributed by atoms with Gasteiger partial charge in [0.25, 0.3) is 0 Å². The van der Waals surface area contributed by atoms with Crippen LogP contribution in [0.15, 0.2) is 36.4 Å². The first-order valence-electron chi connectivity index (χ1n) is 12.5. The first kappa shape index (κ1) is 22.2. The first-order chi connectivity index (χ1) is 14.3. The zero-order valence-electron chi connectivity index (χ0n) is 19.0. The molecule has 0 atom stereocenters. The van der Waals surface area contributed by atoms with Crippen molar-refractivity contribution in [2.75, 3.05) is 0 Å². The fourth-order valence-electron chi connectivity index (χ4n) is 5.25. The monoisotopic (exact) mass is 390 g/mol. The van der Waals surface area contributed by atoms with E-state index in [0.717, 1.165) is 17.8 Å². The minimum Gasteiger partial charge on any atom is -0.0951 e. The molecule has 0 unspecified atom stereocenters. The lowest BCUT2D eigenvalue weighted by molar-refractivity contribution is 0.304. The highest BCUT2D eigenvalue weighted by molar-refractivity contribution is 5.26. The summed E-state index contributed by atoms with van der Waals surface area (Å²) < 4.78 is 0.